The van der Waals surface area contributed by atoms with E-state index in [-0.39, 0.29) is 6.61 Å². The highest BCUT2D eigenvalue weighted by atomic mass is 35.5. The number of carbonyl (C=O) groups excluding carboxylic acids is 1. The fraction of sp³-hybridized carbons (Fsp3) is 0.300. The molecule has 0 fully saturated rings. The monoisotopic (exact) mass is 214 g/mol. The summed E-state index contributed by atoms with van der Waals surface area (Å²) < 4.78 is 5.21. The molecule has 1 N–H and O–H groups in total. The van der Waals surface area contributed by atoms with Crippen LogP contribution in [0.5, 0.6) is 5.75 Å². The molecule has 0 radical (unpaired) electrons. The maximum Gasteiger partial charge on any atom is 0.153 e. The number of ether oxygens (including phenoxy) is 1. The first-order chi connectivity index (χ1) is 6.65. The van der Waals surface area contributed by atoms with Crippen molar-refractivity contribution in [1.29, 1.82) is 0 Å². The number of halogens is 1. The van der Waals surface area contributed by atoms with Crippen LogP contribution >= 0.6 is 11.6 Å². The van der Waals surface area contributed by atoms with E-state index in [1.165, 1.54) is 0 Å². The summed E-state index contributed by atoms with van der Waals surface area (Å²) in [4.78, 5) is 10.6. The van der Waals surface area contributed by atoms with Crippen molar-refractivity contribution >= 4 is 17.9 Å². The van der Waals surface area contributed by atoms with Gasteiger partial charge in [-0.3, -0.25) is 4.79 Å². The standard InChI is InChI=1S/C10H11ClO3/c1-7(13)6-14-10-8(5-12)3-2-4-9(10)11/h2-5,7,13H,6H2,1H3. The number of hydrogen-bond donors (Lipinski definition) is 1. The summed E-state index contributed by atoms with van der Waals surface area (Å²) in [5.74, 6) is 0.324. The van der Waals surface area contributed by atoms with Crippen LogP contribution in [0.25, 0.3) is 0 Å². The molecule has 1 aromatic carbocycles. The first-order valence-corrected chi connectivity index (χ1v) is 4.57. The molecule has 0 spiro atoms. The lowest BCUT2D eigenvalue weighted by atomic mass is 10.2. The Hall–Kier alpha value is -1.06. The largest absolute Gasteiger partial charge is 0.489 e. The van der Waals surface area contributed by atoms with Gasteiger partial charge in [0.05, 0.1) is 16.7 Å². The zero-order chi connectivity index (χ0) is 10.6. The molecule has 0 bridgehead atoms. The van der Waals surface area contributed by atoms with Crippen molar-refractivity contribution in [3.8, 4) is 5.75 Å². The average Bonchev–Trinajstić information content (AvgIpc) is 2.15. The van der Waals surface area contributed by atoms with Gasteiger partial charge in [-0.1, -0.05) is 17.7 Å². The van der Waals surface area contributed by atoms with Crippen molar-refractivity contribution in [3.05, 3.63) is 28.8 Å². The number of rotatable bonds is 4. The van der Waals surface area contributed by atoms with Crippen LogP contribution in [0.2, 0.25) is 5.02 Å². The highest BCUT2D eigenvalue weighted by Crippen LogP contribution is 2.27. The van der Waals surface area contributed by atoms with E-state index in [9.17, 15) is 4.79 Å². The summed E-state index contributed by atoms with van der Waals surface area (Å²) in [7, 11) is 0. The van der Waals surface area contributed by atoms with Crippen LogP contribution in [0.3, 0.4) is 0 Å². The second kappa shape index (κ2) is 4.98. The maximum atomic E-state index is 10.6. The minimum atomic E-state index is -0.592. The molecule has 4 heteroatoms. The van der Waals surface area contributed by atoms with Crippen LogP contribution < -0.4 is 4.74 Å². The predicted molar refractivity (Wildman–Crippen MR) is 54.0 cm³/mol. The molecule has 1 atom stereocenters. The van der Waals surface area contributed by atoms with Crippen LogP contribution in [0.15, 0.2) is 18.2 Å². The molecule has 14 heavy (non-hydrogen) atoms. The maximum absolute atomic E-state index is 10.6. The third-order valence-corrected chi connectivity index (χ3v) is 1.89. The van der Waals surface area contributed by atoms with E-state index in [4.69, 9.17) is 21.4 Å². The Balaban J connectivity index is 2.87. The van der Waals surface area contributed by atoms with Crippen LogP contribution in [0, 0.1) is 0 Å². The average molecular weight is 215 g/mol. The number of aliphatic hydroxyl groups excluding tert-OH is 1. The van der Waals surface area contributed by atoms with E-state index >= 15 is 0 Å². The number of aldehydes is 1. The molecule has 1 aromatic rings. The first kappa shape index (κ1) is 11.0. The van der Waals surface area contributed by atoms with E-state index in [0.717, 1.165) is 0 Å². The first-order valence-electron chi connectivity index (χ1n) is 4.19. The van der Waals surface area contributed by atoms with Gasteiger partial charge in [0, 0.05) is 0 Å². The summed E-state index contributed by atoms with van der Waals surface area (Å²) in [5.41, 5.74) is 0.387. The van der Waals surface area contributed by atoms with Crippen molar-refractivity contribution in [2.45, 2.75) is 13.0 Å². The third-order valence-electron chi connectivity index (χ3n) is 1.59. The van der Waals surface area contributed by atoms with Crippen LogP contribution in [0.1, 0.15) is 17.3 Å². The minimum absolute atomic E-state index is 0.116. The molecule has 1 rings (SSSR count). The lowest BCUT2D eigenvalue weighted by molar-refractivity contribution is 0.109. The topological polar surface area (TPSA) is 46.5 Å². The van der Waals surface area contributed by atoms with E-state index < -0.39 is 6.10 Å². The van der Waals surface area contributed by atoms with Crippen molar-refractivity contribution in [2.24, 2.45) is 0 Å². The predicted octanol–water partition coefficient (Wildman–Crippen LogP) is 1.91. The Morgan fingerprint density at radius 1 is 1.64 bits per heavy atom. The molecule has 0 saturated carbocycles. The Labute approximate surface area is 87.3 Å². The zero-order valence-electron chi connectivity index (χ0n) is 7.74. The number of carbonyl (C=O) groups is 1. The SMILES string of the molecule is CC(O)COc1c(Cl)cccc1C=O. The number of aliphatic hydroxyl groups is 1. The van der Waals surface area contributed by atoms with Gasteiger partial charge in [-0.05, 0) is 19.1 Å². The second-order valence-electron chi connectivity index (χ2n) is 2.94. The third kappa shape index (κ3) is 2.72. The molecule has 0 aromatic heterocycles. The molecule has 3 nitrogen and oxygen atoms in total. The molecule has 0 saturated heterocycles. The molecule has 0 aliphatic carbocycles. The number of hydrogen-bond acceptors (Lipinski definition) is 3. The van der Waals surface area contributed by atoms with Crippen LogP contribution in [-0.4, -0.2) is 24.1 Å². The highest BCUT2D eigenvalue weighted by molar-refractivity contribution is 6.32. The van der Waals surface area contributed by atoms with E-state index in [0.29, 0.717) is 22.6 Å². The summed E-state index contributed by atoms with van der Waals surface area (Å²) in [6, 6.07) is 4.91. The van der Waals surface area contributed by atoms with E-state index in [2.05, 4.69) is 0 Å². The molecular weight excluding hydrogens is 204 g/mol. The normalized spacial score (nSPS) is 12.2. The molecular formula is C10H11ClO3. The van der Waals surface area contributed by atoms with Crippen molar-refractivity contribution in [3.63, 3.8) is 0 Å². The van der Waals surface area contributed by atoms with Crippen LogP contribution in [0.4, 0.5) is 0 Å². The number of para-hydroxylation sites is 1. The van der Waals surface area contributed by atoms with Crippen molar-refractivity contribution in [1.82, 2.24) is 0 Å². The lowest BCUT2D eigenvalue weighted by Gasteiger charge is -2.11. The summed E-state index contributed by atoms with van der Waals surface area (Å²) >= 11 is 5.83. The smallest absolute Gasteiger partial charge is 0.153 e. The van der Waals surface area contributed by atoms with E-state index in [1.54, 1.807) is 25.1 Å². The van der Waals surface area contributed by atoms with Gasteiger partial charge in [0.2, 0.25) is 0 Å². The molecule has 76 valence electrons. The van der Waals surface area contributed by atoms with Gasteiger partial charge in [-0.2, -0.15) is 0 Å². The molecule has 0 aliphatic rings. The zero-order valence-corrected chi connectivity index (χ0v) is 8.49. The summed E-state index contributed by atoms with van der Waals surface area (Å²) in [5, 5.41) is 9.38. The number of benzene rings is 1. The van der Waals surface area contributed by atoms with Gasteiger partial charge in [-0.25, -0.2) is 0 Å². The Kier molecular flexibility index (Phi) is 3.92. The molecule has 1 unspecified atom stereocenters. The van der Waals surface area contributed by atoms with E-state index in [1.807, 2.05) is 0 Å². The van der Waals surface area contributed by atoms with Crippen LogP contribution in [-0.2, 0) is 0 Å². The minimum Gasteiger partial charge on any atom is -0.489 e. The van der Waals surface area contributed by atoms with Gasteiger partial charge < -0.3 is 9.84 Å². The van der Waals surface area contributed by atoms with Gasteiger partial charge >= 0.3 is 0 Å². The molecule has 0 heterocycles. The summed E-state index contributed by atoms with van der Waals surface area (Å²) in [6.07, 6.45) is 0.0780. The van der Waals surface area contributed by atoms with Crippen molar-refractivity contribution < 1.29 is 14.6 Å². The van der Waals surface area contributed by atoms with Gasteiger partial charge in [0.25, 0.3) is 0 Å². The highest BCUT2D eigenvalue weighted by Gasteiger charge is 2.08. The van der Waals surface area contributed by atoms with Gasteiger partial charge in [0.15, 0.2) is 6.29 Å². The quantitative estimate of drug-likeness (QED) is 0.779. The second-order valence-corrected chi connectivity index (χ2v) is 3.34. The van der Waals surface area contributed by atoms with Gasteiger partial charge in [0.1, 0.15) is 12.4 Å². The molecule has 0 amide bonds. The summed E-state index contributed by atoms with van der Waals surface area (Å²) in [6.45, 7) is 1.71. The Bertz CT molecular complexity index is 323. The van der Waals surface area contributed by atoms with Gasteiger partial charge in [-0.15, -0.1) is 0 Å². The van der Waals surface area contributed by atoms with Crippen molar-refractivity contribution in [2.75, 3.05) is 6.61 Å². The Morgan fingerprint density at radius 2 is 2.36 bits per heavy atom. The fourth-order valence-electron chi connectivity index (χ4n) is 0.975. The Morgan fingerprint density at radius 3 is 2.93 bits per heavy atom. The molecule has 0 aliphatic heterocycles. The lowest BCUT2D eigenvalue weighted by Crippen LogP contribution is -2.13. The fourth-order valence-corrected chi connectivity index (χ4v) is 1.21.